The Balaban J connectivity index is 1.76. The lowest BCUT2D eigenvalue weighted by atomic mass is 10.1. The third-order valence-electron chi connectivity index (χ3n) is 3.26. The van der Waals surface area contributed by atoms with Crippen LogP contribution < -0.4 is 11.1 Å². The molecular formula is C13H20N4O. The number of hydrogen-bond acceptors (Lipinski definition) is 4. The number of hydrogen-bond donors (Lipinski definition) is 2. The molecule has 1 saturated heterocycles. The van der Waals surface area contributed by atoms with Crippen LogP contribution in [0.3, 0.4) is 0 Å². The number of amides is 1. The van der Waals surface area contributed by atoms with Crippen molar-refractivity contribution in [3.8, 4) is 0 Å². The van der Waals surface area contributed by atoms with Crippen LogP contribution >= 0.6 is 0 Å². The standard InChI is InChI=1S/C13H20N4O/c14-12-10-15-5-4-11(12)13(18)16-6-9-17-7-2-1-3-8-17/h4-5,10H,1-3,6-9,14H2,(H,16,18). The molecule has 0 spiro atoms. The van der Waals surface area contributed by atoms with Crippen LogP contribution in [0.15, 0.2) is 18.5 Å². The van der Waals surface area contributed by atoms with Crippen molar-refractivity contribution in [2.75, 3.05) is 31.9 Å². The summed E-state index contributed by atoms with van der Waals surface area (Å²) in [7, 11) is 0. The summed E-state index contributed by atoms with van der Waals surface area (Å²) in [5.74, 6) is -0.119. The van der Waals surface area contributed by atoms with E-state index in [2.05, 4.69) is 15.2 Å². The highest BCUT2D eigenvalue weighted by atomic mass is 16.1. The Hall–Kier alpha value is -1.62. The van der Waals surface area contributed by atoms with Crippen LogP contribution in [-0.4, -0.2) is 42.0 Å². The molecule has 1 aromatic rings. The smallest absolute Gasteiger partial charge is 0.253 e. The number of nitrogen functional groups attached to an aromatic ring is 1. The van der Waals surface area contributed by atoms with Crippen LogP contribution in [0.25, 0.3) is 0 Å². The Bertz CT molecular complexity index is 402. The number of rotatable bonds is 4. The molecule has 0 aliphatic carbocycles. The van der Waals surface area contributed by atoms with Crippen LogP contribution in [0.5, 0.6) is 0 Å². The first-order chi connectivity index (χ1) is 8.77. The Morgan fingerprint density at radius 2 is 2.17 bits per heavy atom. The number of likely N-dealkylation sites (tertiary alicyclic amines) is 1. The number of piperidine rings is 1. The summed E-state index contributed by atoms with van der Waals surface area (Å²) >= 11 is 0. The van der Waals surface area contributed by atoms with Crippen LogP contribution in [-0.2, 0) is 0 Å². The molecule has 0 aromatic carbocycles. The predicted octanol–water partition coefficient (Wildman–Crippen LogP) is 0.879. The third kappa shape index (κ3) is 3.43. The molecule has 2 heterocycles. The first-order valence-corrected chi connectivity index (χ1v) is 6.47. The minimum atomic E-state index is -0.119. The second kappa shape index (κ2) is 6.35. The predicted molar refractivity (Wildman–Crippen MR) is 71.3 cm³/mol. The summed E-state index contributed by atoms with van der Waals surface area (Å²) in [6.45, 7) is 3.87. The van der Waals surface area contributed by atoms with Gasteiger partial charge in [-0.3, -0.25) is 9.78 Å². The first kappa shape index (κ1) is 12.8. The van der Waals surface area contributed by atoms with E-state index in [1.54, 1.807) is 12.3 Å². The fourth-order valence-corrected chi connectivity index (χ4v) is 2.22. The van der Waals surface area contributed by atoms with Gasteiger partial charge >= 0.3 is 0 Å². The Morgan fingerprint density at radius 1 is 1.39 bits per heavy atom. The number of nitrogens with two attached hydrogens (primary N) is 1. The molecule has 1 fully saturated rings. The molecule has 2 rings (SSSR count). The lowest BCUT2D eigenvalue weighted by Gasteiger charge is -2.26. The minimum absolute atomic E-state index is 0.119. The summed E-state index contributed by atoms with van der Waals surface area (Å²) < 4.78 is 0. The fourth-order valence-electron chi connectivity index (χ4n) is 2.22. The van der Waals surface area contributed by atoms with Gasteiger partial charge in [-0.05, 0) is 32.0 Å². The summed E-state index contributed by atoms with van der Waals surface area (Å²) in [6, 6.07) is 1.64. The monoisotopic (exact) mass is 248 g/mol. The molecule has 1 amide bonds. The topological polar surface area (TPSA) is 71.2 Å². The molecule has 5 nitrogen and oxygen atoms in total. The molecule has 0 radical (unpaired) electrons. The van der Waals surface area contributed by atoms with Crippen molar-refractivity contribution in [3.05, 3.63) is 24.0 Å². The zero-order valence-corrected chi connectivity index (χ0v) is 10.6. The SMILES string of the molecule is Nc1cnccc1C(=O)NCCN1CCCCC1. The highest BCUT2D eigenvalue weighted by molar-refractivity contribution is 5.98. The van der Waals surface area contributed by atoms with Gasteiger partial charge in [0.15, 0.2) is 0 Å². The molecule has 98 valence electrons. The maximum absolute atomic E-state index is 11.9. The molecule has 18 heavy (non-hydrogen) atoms. The first-order valence-electron chi connectivity index (χ1n) is 6.47. The number of nitrogens with one attached hydrogen (secondary N) is 1. The van der Waals surface area contributed by atoms with Crippen molar-refractivity contribution < 1.29 is 4.79 Å². The average molecular weight is 248 g/mol. The van der Waals surface area contributed by atoms with E-state index in [0.717, 1.165) is 19.6 Å². The van der Waals surface area contributed by atoms with Gasteiger partial charge in [-0.15, -0.1) is 0 Å². The molecular weight excluding hydrogens is 228 g/mol. The normalized spacial score (nSPS) is 16.4. The van der Waals surface area contributed by atoms with Crippen molar-refractivity contribution in [3.63, 3.8) is 0 Å². The van der Waals surface area contributed by atoms with Crippen LogP contribution in [0.2, 0.25) is 0 Å². The molecule has 1 aliphatic heterocycles. The van der Waals surface area contributed by atoms with E-state index in [9.17, 15) is 4.79 Å². The molecule has 0 unspecified atom stereocenters. The number of nitrogens with zero attached hydrogens (tertiary/aromatic N) is 2. The van der Waals surface area contributed by atoms with E-state index in [1.807, 2.05) is 0 Å². The lowest BCUT2D eigenvalue weighted by molar-refractivity contribution is 0.0947. The van der Waals surface area contributed by atoms with E-state index >= 15 is 0 Å². The van der Waals surface area contributed by atoms with Gasteiger partial charge < -0.3 is 16.0 Å². The van der Waals surface area contributed by atoms with Gasteiger partial charge in [-0.25, -0.2) is 0 Å². The summed E-state index contributed by atoms with van der Waals surface area (Å²) in [4.78, 5) is 18.1. The second-order valence-electron chi connectivity index (χ2n) is 4.62. The lowest BCUT2D eigenvalue weighted by Crippen LogP contribution is -2.37. The van der Waals surface area contributed by atoms with Gasteiger partial charge in [-0.1, -0.05) is 6.42 Å². The van der Waals surface area contributed by atoms with Crippen molar-refractivity contribution in [2.45, 2.75) is 19.3 Å². The zero-order chi connectivity index (χ0) is 12.8. The Labute approximate surface area is 107 Å². The van der Waals surface area contributed by atoms with Gasteiger partial charge in [0, 0.05) is 19.3 Å². The minimum Gasteiger partial charge on any atom is -0.397 e. The van der Waals surface area contributed by atoms with E-state index in [0.29, 0.717) is 17.8 Å². The maximum atomic E-state index is 11.9. The van der Waals surface area contributed by atoms with Crippen LogP contribution in [0.1, 0.15) is 29.6 Å². The third-order valence-corrected chi connectivity index (χ3v) is 3.26. The number of aromatic nitrogens is 1. The highest BCUT2D eigenvalue weighted by Crippen LogP contribution is 2.09. The summed E-state index contributed by atoms with van der Waals surface area (Å²) in [5.41, 5.74) is 6.63. The van der Waals surface area contributed by atoms with E-state index in [4.69, 9.17) is 5.73 Å². The van der Waals surface area contributed by atoms with Crippen molar-refractivity contribution in [1.29, 1.82) is 0 Å². The van der Waals surface area contributed by atoms with Gasteiger partial charge in [0.2, 0.25) is 0 Å². The fraction of sp³-hybridized carbons (Fsp3) is 0.538. The molecule has 3 N–H and O–H groups in total. The molecule has 0 atom stereocenters. The molecule has 0 saturated carbocycles. The van der Waals surface area contributed by atoms with Gasteiger partial charge in [0.05, 0.1) is 17.4 Å². The number of pyridine rings is 1. The van der Waals surface area contributed by atoms with Gasteiger partial charge in [-0.2, -0.15) is 0 Å². The van der Waals surface area contributed by atoms with E-state index < -0.39 is 0 Å². The number of carbonyl (C=O) groups excluding carboxylic acids is 1. The summed E-state index contributed by atoms with van der Waals surface area (Å²) in [6.07, 6.45) is 6.95. The Kier molecular flexibility index (Phi) is 4.52. The van der Waals surface area contributed by atoms with E-state index in [1.165, 1.54) is 25.5 Å². The van der Waals surface area contributed by atoms with Gasteiger partial charge in [0.25, 0.3) is 5.91 Å². The summed E-state index contributed by atoms with van der Waals surface area (Å²) in [5, 5.41) is 2.90. The number of anilines is 1. The Morgan fingerprint density at radius 3 is 2.89 bits per heavy atom. The van der Waals surface area contributed by atoms with E-state index in [-0.39, 0.29) is 5.91 Å². The highest BCUT2D eigenvalue weighted by Gasteiger charge is 2.11. The van der Waals surface area contributed by atoms with Gasteiger partial charge in [0.1, 0.15) is 0 Å². The second-order valence-corrected chi connectivity index (χ2v) is 4.62. The molecule has 5 heteroatoms. The molecule has 0 bridgehead atoms. The van der Waals surface area contributed by atoms with Crippen LogP contribution in [0.4, 0.5) is 5.69 Å². The molecule has 1 aromatic heterocycles. The number of carbonyl (C=O) groups is 1. The maximum Gasteiger partial charge on any atom is 0.253 e. The van der Waals surface area contributed by atoms with Crippen molar-refractivity contribution >= 4 is 11.6 Å². The largest absolute Gasteiger partial charge is 0.397 e. The van der Waals surface area contributed by atoms with Crippen LogP contribution in [0, 0.1) is 0 Å². The van der Waals surface area contributed by atoms with Crippen molar-refractivity contribution in [1.82, 2.24) is 15.2 Å². The zero-order valence-electron chi connectivity index (χ0n) is 10.6. The quantitative estimate of drug-likeness (QED) is 0.829. The molecule has 1 aliphatic rings. The van der Waals surface area contributed by atoms with Crippen molar-refractivity contribution in [2.24, 2.45) is 0 Å². The average Bonchev–Trinajstić information content (AvgIpc) is 2.40.